The van der Waals surface area contributed by atoms with Crippen LogP contribution in [0, 0.1) is 5.21 Å². The minimum Gasteiger partial charge on any atom is -0.618 e. The zero-order valence-corrected chi connectivity index (χ0v) is 31.2. The summed E-state index contributed by atoms with van der Waals surface area (Å²) in [6.45, 7) is 0. The zero-order valence-electron chi connectivity index (χ0n) is 21.8. The molecule has 0 saturated heterocycles. The molecule has 44 heavy (non-hydrogen) atoms. The van der Waals surface area contributed by atoms with Crippen molar-refractivity contribution in [3.63, 3.8) is 0 Å². The fourth-order valence-electron chi connectivity index (χ4n) is 2.95. The molecule has 8 nitrogen and oxygen atoms in total. The summed E-state index contributed by atoms with van der Waals surface area (Å²) in [5, 5.41) is 19.9. The van der Waals surface area contributed by atoms with Crippen LogP contribution in [0.15, 0.2) is 115 Å². The highest BCUT2D eigenvalue weighted by atomic mass is 79.9. The van der Waals surface area contributed by atoms with Crippen LogP contribution in [0.1, 0.15) is 10.4 Å². The van der Waals surface area contributed by atoms with E-state index < -0.39 is 10.3 Å². The van der Waals surface area contributed by atoms with Gasteiger partial charge in [-0.2, -0.15) is 9.99 Å². The third-order valence-electron chi connectivity index (χ3n) is 4.72. The SMILES string of the molecule is Brc1ccnc(-c2cc(Br)ccn2)c1.ClC(Cl)Cl.O=C(OO)c1cccc(Cl)c1.[O-][n+]1ccc(Br)cc1-c1cc(Br)ccn1. The Kier molecular flexibility index (Phi) is 17.7. The summed E-state index contributed by atoms with van der Waals surface area (Å²) in [6.07, 6.45) is 6.60. The van der Waals surface area contributed by atoms with Crippen molar-refractivity contribution >= 4 is 116 Å². The number of carbonyl (C=O) groups is 1. The standard InChI is InChI=1S/C10H6Br2N2O.C10H6Br2N2.C7H5ClO3.CHCl3/c11-7-1-3-13-9(5-7)10-6-8(12)2-4-14(10)15;11-7-1-3-13-9(5-7)10-6-8(12)2-4-14-10;8-6-3-1-2-5(4-6)7(9)11-10;2-1(3)4/h1-6H;1-6H;1-4,10H;1H. The van der Waals surface area contributed by atoms with Gasteiger partial charge in [-0.1, -0.05) is 116 Å². The third-order valence-corrected chi connectivity index (χ3v) is 6.92. The summed E-state index contributed by atoms with van der Waals surface area (Å²) in [7, 11) is 0. The molecule has 0 spiro atoms. The quantitative estimate of drug-likeness (QED) is 0.0630. The van der Waals surface area contributed by atoms with Gasteiger partial charge in [-0.25, -0.2) is 9.78 Å². The normalized spacial score (nSPS) is 9.86. The van der Waals surface area contributed by atoms with Crippen LogP contribution < -0.4 is 4.73 Å². The Balaban J connectivity index is 0.000000219. The second-order valence-corrected chi connectivity index (χ2v) is 13.8. The molecule has 230 valence electrons. The molecule has 0 amide bonds. The van der Waals surface area contributed by atoms with Gasteiger partial charge in [-0.3, -0.25) is 14.9 Å². The van der Waals surface area contributed by atoms with Crippen molar-refractivity contribution in [3.05, 3.63) is 131 Å². The first-order valence-corrected chi connectivity index (χ1v) is 16.5. The summed E-state index contributed by atoms with van der Waals surface area (Å²) >= 11 is 33.4. The van der Waals surface area contributed by atoms with E-state index in [9.17, 15) is 10.0 Å². The Morgan fingerprint density at radius 1 is 0.750 bits per heavy atom. The lowest BCUT2D eigenvalue weighted by Gasteiger charge is -2.03. The molecule has 0 saturated carbocycles. The van der Waals surface area contributed by atoms with Crippen LogP contribution in [0.5, 0.6) is 0 Å². The molecule has 4 aromatic heterocycles. The highest BCUT2D eigenvalue weighted by molar-refractivity contribution is 9.11. The minimum atomic E-state index is -0.813. The lowest BCUT2D eigenvalue weighted by Crippen LogP contribution is -2.28. The monoisotopic (exact) mass is 930 g/mol. The molecule has 1 aromatic carbocycles. The van der Waals surface area contributed by atoms with E-state index in [1.807, 2.05) is 30.3 Å². The summed E-state index contributed by atoms with van der Waals surface area (Å²) in [6, 6.07) is 20.8. The molecular weight excluding hydrogens is 918 g/mol. The maximum atomic E-state index is 11.5. The molecule has 0 unspecified atom stereocenters. The van der Waals surface area contributed by atoms with Crippen molar-refractivity contribution < 1.29 is 19.7 Å². The number of pyridine rings is 4. The summed E-state index contributed by atoms with van der Waals surface area (Å²) in [4.78, 5) is 26.7. The van der Waals surface area contributed by atoms with Crippen molar-refractivity contribution in [1.82, 2.24) is 15.0 Å². The predicted octanol–water partition coefficient (Wildman–Crippen LogP) is 10.5. The average molecular weight is 936 g/mol. The van der Waals surface area contributed by atoms with Gasteiger partial charge >= 0.3 is 5.97 Å². The molecule has 0 fully saturated rings. The van der Waals surface area contributed by atoms with E-state index in [1.165, 1.54) is 18.3 Å². The van der Waals surface area contributed by atoms with Gasteiger partial charge in [0.2, 0.25) is 5.69 Å². The summed E-state index contributed by atoms with van der Waals surface area (Å²) in [5.74, 6) is -0.813. The first kappa shape index (κ1) is 38.3. The van der Waals surface area contributed by atoms with Gasteiger partial charge in [0.05, 0.1) is 17.0 Å². The topological polar surface area (TPSA) is 112 Å². The fraction of sp³-hybridized carbons (Fsp3) is 0.0357. The number of hydrogen-bond acceptors (Lipinski definition) is 7. The zero-order chi connectivity index (χ0) is 32.6. The van der Waals surface area contributed by atoms with Gasteiger partial charge in [0.1, 0.15) is 5.69 Å². The van der Waals surface area contributed by atoms with Gasteiger partial charge in [0.15, 0.2) is 10.5 Å². The van der Waals surface area contributed by atoms with Crippen molar-refractivity contribution in [2.24, 2.45) is 0 Å². The molecule has 5 rings (SSSR count). The summed E-state index contributed by atoms with van der Waals surface area (Å²) in [5.41, 5.74) is 3.10. The number of halogens is 8. The molecule has 4 heterocycles. The smallest absolute Gasteiger partial charge is 0.372 e. The molecule has 0 aliphatic heterocycles. The summed E-state index contributed by atoms with van der Waals surface area (Å²) < 4.78 is 3.80. The maximum absolute atomic E-state index is 11.5. The van der Waals surface area contributed by atoms with Crippen molar-refractivity contribution in [2.45, 2.75) is 4.30 Å². The molecule has 5 aromatic rings. The number of carbonyl (C=O) groups excluding carboxylic acids is 1. The second-order valence-electron chi connectivity index (χ2n) is 7.77. The van der Waals surface area contributed by atoms with Gasteiger partial charge in [-0.05, 0) is 54.6 Å². The Bertz CT molecular complexity index is 1630. The van der Waals surface area contributed by atoms with E-state index in [0.29, 0.717) is 16.4 Å². The molecule has 1 N–H and O–H groups in total. The van der Waals surface area contributed by atoms with E-state index in [4.69, 9.17) is 51.7 Å². The van der Waals surface area contributed by atoms with Crippen LogP contribution in [-0.4, -0.2) is 30.5 Å². The van der Waals surface area contributed by atoms with E-state index in [0.717, 1.165) is 34.0 Å². The number of rotatable bonds is 3. The largest absolute Gasteiger partial charge is 0.618 e. The second kappa shape index (κ2) is 20.3. The van der Waals surface area contributed by atoms with Crippen molar-refractivity contribution in [3.8, 4) is 22.8 Å². The van der Waals surface area contributed by atoms with Crippen LogP contribution in [0.4, 0.5) is 0 Å². The molecule has 16 heteroatoms. The van der Waals surface area contributed by atoms with Crippen LogP contribution in [0.2, 0.25) is 5.02 Å². The van der Waals surface area contributed by atoms with E-state index in [1.54, 1.807) is 48.9 Å². The van der Waals surface area contributed by atoms with E-state index in [-0.39, 0.29) is 5.56 Å². The number of aromatic nitrogens is 4. The third kappa shape index (κ3) is 14.5. The van der Waals surface area contributed by atoms with Crippen LogP contribution in [0.25, 0.3) is 22.8 Å². The van der Waals surface area contributed by atoms with Crippen molar-refractivity contribution in [2.75, 3.05) is 0 Å². The van der Waals surface area contributed by atoms with Crippen LogP contribution >= 0.6 is 110 Å². The number of hydrogen-bond donors (Lipinski definition) is 1. The first-order valence-electron chi connectivity index (χ1n) is 11.7. The number of benzene rings is 1. The number of nitrogens with zero attached hydrogens (tertiary/aromatic N) is 4. The Morgan fingerprint density at radius 2 is 1.20 bits per heavy atom. The molecule has 0 aliphatic carbocycles. The van der Waals surface area contributed by atoms with Gasteiger partial charge in [-0.15, -0.1) is 0 Å². The van der Waals surface area contributed by atoms with E-state index in [2.05, 4.69) is 83.6 Å². The van der Waals surface area contributed by atoms with Crippen LogP contribution in [-0.2, 0) is 4.89 Å². The lowest BCUT2D eigenvalue weighted by atomic mass is 10.2. The minimum absolute atomic E-state index is 0.222. The van der Waals surface area contributed by atoms with E-state index >= 15 is 0 Å². The lowest BCUT2D eigenvalue weighted by molar-refractivity contribution is -0.593. The Hall–Kier alpha value is -1.87. The van der Waals surface area contributed by atoms with Crippen molar-refractivity contribution in [1.29, 1.82) is 0 Å². The van der Waals surface area contributed by atoms with Crippen LogP contribution in [0.3, 0.4) is 0 Å². The van der Waals surface area contributed by atoms with Gasteiger partial charge in [0, 0.05) is 53.6 Å². The highest BCUT2D eigenvalue weighted by Gasteiger charge is 2.10. The molecule has 0 radical (unpaired) electrons. The molecule has 0 aliphatic rings. The number of alkyl halides is 3. The predicted molar refractivity (Wildman–Crippen MR) is 188 cm³/mol. The first-order chi connectivity index (χ1) is 20.9. The molecule has 0 bridgehead atoms. The van der Waals surface area contributed by atoms with Gasteiger partial charge in [0.25, 0.3) is 0 Å². The fourth-order valence-corrected chi connectivity index (χ4v) is 4.48. The Morgan fingerprint density at radius 3 is 1.66 bits per heavy atom. The average Bonchev–Trinajstić information content (AvgIpc) is 2.98. The maximum Gasteiger partial charge on any atom is 0.372 e. The highest BCUT2D eigenvalue weighted by Crippen LogP contribution is 2.22. The van der Waals surface area contributed by atoms with Gasteiger partial charge < -0.3 is 5.21 Å². The Labute approximate surface area is 306 Å². The molecule has 0 atom stereocenters. The molecular formula is C28H18Br4Cl4N4O4.